The molecule has 1 aliphatic heterocycles. The number of aryl methyl sites for hydroxylation is 1. The van der Waals surface area contributed by atoms with E-state index in [0.717, 1.165) is 24.6 Å². The molecule has 6 nitrogen and oxygen atoms in total. The van der Waals surface area contributed by atoms with Crippen LogP contribution in [0.25, 0.3) is 0 Å². The predicted octanol–water partition coefficient (Wildman–Crippen LogP) is 1.90. The number of rotatable bonds is 5. The Balaban J connectivity index is 1.70. The van der Waals surface area contributed by atoms with E-state index >= 15 is 0 Å². The molecular formula is C16H29N5O. The van der Waals surface area contributed by atoms with E-state index in [4.69, 9.17) is 0 Å². The van der Waals surface area contributed by atoms with Gasteiger partial charge in [-0.05, 0) is 45.7 Å². The molecule has 6 heteroatoms. The highest BCUT2D eigenvalue weighted by molar-refractivity contribution is 5.74. The van der Waals surface area contributed by atoms with Gasteiger partial charge in [-0.15, -0.1) is 0 Å². The van der Waals surface area contributed by atoms with Crippen LogP contribution in [0.15, 0.2) is 12.4 Å². The molecule has 124 valence electrons. The number of aromatic nitrogens is 2. The number of carbonyl (C=O) groups excluding carboxylic acids is 1. The Morgan fingerprint density at radius 3 is 2.68 bits per heavy atom. The number of nitrogens with one attached hydrogen (secondary N) is 2. The van der Waals surface area contributed by atoms with Crippen molar-refractivity contribution in [2.75, 3.05) is 19.6 Å². The van der Waals surface area contributed by atoms with Gasteiger partial charge in [0.1, 0.15) is 0 Å². The van der Waals surface area contributed by atoms with Gasteiger partial charge in [-0.25, -0.2) is 4.79 Å². The minimum absolute atomic E-state index is 0.0418. The highest BCUT2D eigenvalue weighted by Crippen LogP contribution is 2.17. The minimum Gasteiger partial charge on any atom is -0.337 e. The van der Waals surface area contributed by atoms with E-state index < -0.39 is 0 Å². The molecular weight excluding hydrogens is 278 g/mol. The molecule has 0 radical (unpaired) electrons. The van der Waals surface area contributed by atoms with Crippen molar-refractivity contribution >= 4 is 6.03 Å². The van der Waals surface area contributed by atoms with Crippen LogP contribution in [0.1, 0.15) is 45.2 Å². The zero-order valence-electron chi connectivity index (χ0n) is 14.2. The van der Waals surface area contributed by atoms with Gasteiger partial charge in [0.05, 0.1) is 12.2 Å². The standard InChI is InChI=1S/C16H29N5O/c1-12-5-7-21(8-6-12)13(2)9-17-16(22)19-14(3)15-10-18-20(4)11-15/h10-14H,5-9H2,1-4H3,(H2,17,19,22)/t13-,14-/m1/s1. The predicted molar refractivity (Wildman–Crippen MR) is 87.6 cm³/mol. The minimum atomic E-state index is -0.117. The molecule has 0 saturated carbocycles. The maximum absolute atomic E-state index is 12.0. The highest BCUT2D eigenvalue weighted by Gasteiger charge is 2.20. The normalized spacial score (nSPS) is 19.6. The summed E-state index contributed by atoms with van der Waals surface area (Å²) in [5.41, 5.74) is 1.01. The van der Waals surface area contributed by atoms with Crippen molar-refractivity contribution in [2.45, 2.75) is 45.7 Å². The van der Waals surface area contributed by atoms with E-state index in [1.165, 1.54) is 12.8 Å². The lowest BCUT2D eigenvalue weighted by atomic mass is 9.98. The van der Waals surface area contributed by atoms with Gasteiger partial charge in [0.25, 0.3) is 0 Å². The molecule has 1 saturated heterocycles. The third-order valence-corrected chi connectivity index (χ3v) is 4.57. The van der Waals surface area contributed by atoms with Crippen LogP contribution in [0.5, 0.6) is 0 Å². The van der Waals surface area contributed by atoms with Crippen LogP contribution in [0, 0.1) is 5.92 Å². The number of piperidine rings is 1. The van der Waals surface area contributed by atoms with Crippen molar-refractivity contribution in [2.24, 2.45) is 13.0 Å². The highest BCUT2D eigenvalue weighted by atomic mass is 16.2. The van der Waals surface area contributed by atoms with E-state index in [0.29, 0.717) is 12.6 Å². The summed E-state index contributed by atoms with van der Waals surface area (Å²) < 4.78 is 1.74. The first kappa shape index (κ1) is 16.8. The Morgan fingerprint density at radius 1 is 1.41 bits per heavy atom. The fourth-order valence-corrected chi connectivity index (χ4v) is 2.83. The van der Waals surface area contributed by atoms with Gasteiger partial charge < -0.3 is 10.6 Å². The molecule has 2 N–H and O–H groups in total. The maximum Gasteiger partial charge on any atom is 0.315 e. The molecule has 2 amide bonds. The Hall–Kier alpha value is -1.56. The number of amides is 2. The summed E-state index contributed by atoms with van der Waals surface area (Å²) in [5, 5.41) is 10.1. The molecule has 1 aliphatic rings. The first-order chi connectivity index (χ1) is 10.5. The van der Waals surface area contributed by atoms with Gasteiger partial charge in [-0.1, -0.05) is 6.92 Å². The lowest BCUT2D eigenvalue weighted by Gasteiger charge is -2.35. The van der Waals surface area contributed by atoms with E-state index in [1.54, 1.807) is 10.9 Å². The second kappa shape index (κ2) is 7.63. The smallest absolute Gasteiger partial charge is 0.315 e. The van der Waals surface area contributed by atoms with Crippen molar-refractivity contribution in [1.29, 1.82) is 0 Å². The van der Waals surface area contributed by atoms with Crippen LogP contribution in [-0.2, 0) is 7.05 Å². The lowest BCUT2D eigenvalue weighted by molar-refractivity contribution is 0.145. The molecule has 0 aliphatic carbocycles. The van der Waals surface area contributed by atoms with Gasteiger partial charge in [0.15, 0.2) is 0 Å². The maximum atomic E-state index is 12.0. The molecule has 1 aromatic rings. The molecule has 2 rings (SSSR count). The second-order valence-electron chi connectivity index (χ2n) is 6.59. The third-order valence-electron chi connectivity index (χ3n) is 4.57. The Morgan fingerprint density at radius 2 is 2.09 bits per heavy atom. The molecule has 1 aromatic heterocycles. The Labute approximate surface area is 133 Å². The number of nitrogens with zero attached hydrogens (tertiary/aromatic N) is 3. The van der Waals surface area contributed by atoms with Crippen molar-refractivity contribution < 1.29 is 4.79 Å². The van der Waals surface area contributed by atoms with E-state index in [-0.39, 0.29) is 12.1 Å². The number of hydrogen-bond donors (Lipinski definition) is 2. The summed E-state index contributed by atoms with van der Waals surface area (Å²) in [5.74, 6) is 0.833. The zero-order chi connectivity index (χ0) is 16.1. The SMILES string of the molecule is CC1CCN([C@H](C)CNC(=O)N[C@H](C)c2cnn(C)c2)CC1. The molecule has 22 heavy (non-hydrogen) atoms. The quantitative estimate of drug-likeness (QED) is 0.873. The van der Waals surface area contributed by atoms with Gasteiger partial charge >= 0.3 is 6.03 Å². The third kappa shape index (κ3) is 4.73. The number of likely N-dealkylation sites (tertiary alicyclic amines) is 1. The van der Waals surface area contributed by atoms with Crippen molar-refractivity contribution in [3.63, 3.8) is 0 Å². The lowest BCUT2D eigenvalue weighted by Crippen LogP contribution is -2.47. The molecule has 0 spiro atoms. The van der Waals surface area contributed by atoms with Crippen LogP contribution < -0.4 is 10.6 Å². The summed E-state index contributed by atoms with van der Waals surface area (Å²) >= 11 is 0. The fraction of sp³-hybridized carbons (Fsp3) is 0.750. The largest absolute Gasteiger partial charge is 0.337 e. The van der Waals surface area contributed by atoms with Gasteiger partial charge in [-0.3, -0.25) is 9.58 Å². The van der Waals surface area contributed by atoms with Gasteiger partial charge in [0.2, 0.25) is 0 Å². The Bertz CT molecular complexity index is 479. The summed E-state index contributed by atoms with van der Waals surface area (Å²) in [7, 11) is 1.87. The van der Waals surface area contributed by atoms with Crippen LogP contribution in [0.4, 0.5) is 4.79 Å². The monoisotopic (exact) mass is 307 g/mol. The molecule has 0 unspecified atom stereocenters. The van der Waals surface area contributed by atoms with Crippen LogP contribution in [-0.4, -0.2) is 46.4 Å². The zero-order valence-corrected chi connectivity index (χ0v) is 14.2. The first-order valence-corrected chi connectivity index (χ1v) is 8.22. The molecule has 0 bridgehead atoms. The molecule has 1 fully saturated rings. The van der Waals surface area contributed by atoms with E-state index in [2.05, 4.69) is 34.5 Å². The van der Waals surface area contributed by atoms with Crippen molar-refractivity contribution in [1.82, 2.24) is 25.3 Å². The number of carbonyl (C=O) groups is 1. The first-order valence-electron chi connectivity index (χ1n) is 8.22. The average Bonchev–Trinajstić information content (AvgIpc) is 2.92. The van der Waals surface area contributed by atoms with E-state index in [1.807, 2.05) is 20.2 Å². The molecule has 2 heterocycles. The van der Waals surface area contributed by atoms with Crippen molar-refractivity contribution in [3.8, 4) is 0 Å². The Kier molecular flexibility index (Phi) is 5.83. The van der Waals surface area contributed by atoms with Gasteiger partial charge in [0, 0.05) is 31.4 Å². The fourth-order valence-electron chi connectivity index (χ4n) is 2.83. The van der Waals surface area contributed by atoms with E-state index in [9.17, 15) is 4.79 Å². The topological polar surface area (TPSA) is 62.2 Å². The van der Waals surface area contributed by atoms with Crippen LogP contribution >= 0.6 is 0 Å². The summed E-state index contributed by atoms with van der Waals surface area (Å²) in [6.07, 6.45) is 6.22. The average molecular weight is 307 g/mol. The van der Waals surface area contributed by atoms with Gasteiger partial charge in [-0.2, -0.15) is 5.10 Å². The number of urea groups is 1. The van der Waals surface area contributed by atoms with Crippen molar-refractivity contribution in [3.05, 3.63) is 18.0 Å². The van der Waals surface area contributed by atoms with Crippen LogP contribution in [0.3, 0.4) is 0 Å². The molecule has 2 atom stereocenters. The second-order valence-corrected chi connectivity index (χ2v) is 6.59. The summed E-state index contributed by atoms with van der Waals surface area (Å²) in [4.78, 5) is 14.5. The summed E-state index contributed by atoms with van der Waals surface area (Å²) in [6, 6.07) is 0.223. The number of hydrogen-bond acceptors (Lipinski definition) is 3. The molecule has 0 aromatic carbocycles. The summed E-state index contributed by atoms with van der Waals surface area (Å²) in [6.45, 7) is 9.41. The van der Waals surface area contributed by atoms with Crippen LogP contribution in [0.2, 0.25) is 0 Å².